The molecule has 0 saturated heterocycles. The summed E-state index contributed by atoms with van der Waals surface area (Å²) in [5.41, 5.74) is 3.35. The second kappa shape index (κ2) is 9.75. The second-order valence-corrected chi connectivity index (χ2v) is 9.91. The molecule has 1 aliphatic heterocycles. The number of hydrogen-bond donors (Lipinski definition) is 1. The number of aryl methyl sites for hydroxylation is 1. The highest BCUT2D eigenvalue weighted by molar-refractivity contribution is 7.98. The Kier molecular flexibility index (Phi) is 6.51. The highest BCUT2D eigenvalue weighted by atomic mass is 32.2. The Bertz CT molecular complexity index is 1510. The number of pyridine rings is 1. The Morgan fingerprint density at radius 3 is 2.53 bits per heavy atom. The summed E-state index contributed by atoms with van der Waals surface area (Å²) < 4.78 is 29.5. The molecule has 3 heterocycles. The van der Waals surface area contributed by atoms with Gasteiger partial charge >= 0.3 is 0 Å². The van der Waals surface area contributed by atoms with E-state index < -0.39 is 23.5 Å². The number of aliphatic imine (C=N–C) groups is 1. The normalized spacial score (nSPS) is 14.6. The number of fused-ring (bicyclic) bond motifs is 1. The molecule has 1 unspecified atom stereocenters. The van der Waals surface area contributed by atoms with Gasteiger partial charge in [0, 0.05) is 23.0 Å². The van der Waals surface area contributed by atoms with Crippen molar-refractivity contribution in [3.63, 3.8) is 0 Å². The van der Waals surface area contributed by atoms with Crippen molar-refractivity contribution in [1.29, 1.82) is 0 Å². The molecule has 5 rings (SSSR count). The molecule has 2 aromatic carbocycles. The number of anilines is 1. The van der Waals surface area contributed by atoms with Gasteiger partial charge in [-0.05, 0) is 71.6 Å². The first kappa shape index (κ1) is 24.0. The number of thioether (sulfide) groups is 1. The number of carbonyl (C=O) groups is 2. The number of amides is 2. The molecule has 0 bridgehead atoms. The van der Waals surface area contributed by atoms with Crippen LogP contribution in [0.2, 0.25) is 0 Å². The molecule has 0 saturated carbocycles. The van der Waals surface area contributed by atoms with Crippen LogP contribution in [0.3, 0.4) is 0 Å². The molecule has 1 atom stereocenters. The summed E-state index contributed by atoms with van der Waals surface area (Å²) in [7, 11) is 0. The van der Waals surface area contributed by atoms with Crippen LogP contribution >= 0.6 is 23.1 Å². The lowest BCUT2D eigenvalue weighted by atomic mass is 9.85. The van der Waals surface area contributed by atoms with Crippen molar-refractivity contribution in [1.82, 2.24) is 4.98 Å². The minimum Gasteiger partial charge on any atom is -0.321 e. The molecule has 1 N–H and O–H groups in total. The maximum Gasteiger partial charge on any atom is 0.265 e. The van der Waals surface area contributed by atoms with Crippen molar-refractivity contribution in [2.45, 2.75) is 17.9 Å². The van der Waals surface area contributed by atoms with Gasteiger partial charge in [-0.15, -0.1) is 23.1 Å². The fourth-order valence-corrected chi connectivity index (χ4v) is 5.23. The van der Waals surface area contributed by atoms with E-state index in [1.165, 1.54) is 35.4 Å². The van der Waals surface area contributed by atoms with Gasteiger partial charge in [-0.3, -0.25) is 9.59 Å². The van der Waals surface area contributed by atoms with E-state index in [1.807, 2.05) is 48.9 Å². The third-order valence-electron chi connectivity index (χ3n) is 5.93. The number of rotatable bonds is 5. The lowest BCUT2D eigenvalue weighted by Gasteiger charge is -2.23. The fraction of sp³-hybridized carbons (Fsp3) is 0.111. The zero-order valence-electron chi connectivity index (χ0n) is 19.2. The van der Waals surface area contributed by atoms with Crippen molar-refractivity contribution < 1.29 is 18.4 Å². The van der Waals surface area contributed by atoms with Gasteiger partial charge in [0.2, 0.25) is 0 Å². The lowest BCUT2D eigenvalue weighted by molar-refractivity contribution is -0.118. The predicted octanol–water partition coefficient (Wildman–Crippen LogP) is 6.46. The number of benzene rings is 2. The van der Waals surface area contributed by atoms with Crippen LogP contribution in [0.4, 0.5) is 14.5 Å². The van der Waals surface area contributed by atoms with E-state index in [0.29, 0.717) is 26.7 Å². The van der Waals surface area contributed by atoms with E-state index in [0.717, 1.165) is 23.3 Å². The van der Waals surface area contributed by atoms with Crippen LogP contribution in [0.25, 0.3) is 11.1 Å². The molecule has 5 nitrogen and oxygen atoms in total. The molecule has 36 heavy (non-hydrogen) atoms. The van der Waals surface area contributed by atoms with Gasteiger partial charge in [-0.2, -0.15) is 0 Å². The van der Waals surface area contributed by atoms with Crippen molar-refractivity contribution in [2.75, 3.05) is 11.6 Å². The maximum absolute atomic E-state index is 14.7. The standard InChI is InChI=1S/C27H19F2N3O2S2/c1-14-8-9-15(31-26(33)21-7-4-10-36-21)11-16(14)17-12-22(35-2)32-25-18(17)13-30-27(34)24(25)23-19(28)5-3-6-20(23)29/h3-13,24H,1-2H3,(H,31,33). The molecule has 4 aromatic rings. The monoisotopic (exact) mass is 519 g/mol. The van der Waals surface area contributed by atoms with Crippen molar-refractivity contribution in [3.8, 4) is 11.1 Å². The number of thiophene rings is 1. The number of carbonyl (C=O) groups excluding carboxylic acids is 2. The Morgan fingerprint density at radius 1 is 1.06 bits per heavy atom. The molecule has 2 amide bonds. The van der Waals surface area contributed by atoms with Crippen molar-refractivity contribution >= 4 is 46.8 Å². The average molecular weight is 520 g/mol. The molecule has 180 valence electrons. The summed E-state index contributed by atoms with van der Waals surface area (Å²) in [6.07, 6.45) is 3.23. The molecule has 0 radical (unpaired) electrons. The van der Waals surface area contributed by atoms with Gasteiger partial charge in [-0.1, -0.05) is 18.2 Å². The average Bonchev–Trinajstić information content (AvgIpc) is 3.41. The van der Waals surface area contributed by atoms with Crippen molar-refractivity contribution in [3.05, 3.63) is 98.9 Å². The first-order chi connectivity index (χ1) is 17.4. The molecule has 9 heteroatoms. The SMILES string of the molecule is CSc1cc(-c2cc(NC(=O)c3cccs3)ccc2C)c2c(n1)C(c1c(F)cccc1F)C(=O)N=C2. The quantitative estimate of drug-likeness (QED) is 0.307. The minimum absolute atomic E-state index is 0.219. The van der Waals surface area contributed by atoms with Gasteiger partial charge in [0.25, 0.3) is 11.8 Å². The summed E-state index contributed by atoms with van der Waals surface area (Å²) in [5.74, 6) is -3.87. The second-order valence-electron chi connectivity index (χ2n) is 8.14. The molecular weight excluding hydrogens is 500 g/mol. The Labute approximate surface area is 214 Å². The van der Waals surface area contributed by atoms with E-state index in [4.69, 9.17) is 0 Å². The highest BCUT2D eigenvalue weighted by Crippen LogP contribution is 2.40. The predicted molar refractivity (Wildman–Crippen MR) is 139 cm³/mol. The molecule has 0 aliphatic carbocycles. The molecular formula is C27H19F2N3O2S2. The molecule has 2 aromatic heterocycles. The Balaban J connectivity index is 1.66. The van der Waals surface area contributed by atoms with Crippen LogP contribution in [0.15, 0.2) is 70.0 Å². The van der Waals surface area contributed by atoms with Crippen molar-refractivity contribution in [2.24, 2.45) is 4.99 Å². The number of nitrogens with zero attached hydrogens (tertiary/aromatic N) is 2. The van der Waals surface area contributed by atoms with E-state index in [-0.39, 0.29) is 17.2 Å². The van der Waals surface area contributed by atoms with Crippen LogP contribution in [-0.2, 0) is 4.79 Å². The maximum atomic E-state index is 14.7. The van der Waals surface area contributed by atoms with Gasteiger partial charge < -0.3 is 5.32 Å². The fourth-order valence-electron chi connectivity index (χ4n) is 4.19. The van der Waals surface area contributed by atoms with E-state index in [9.17, 15) is 18.4 Å². The number of hydrogen-bond acceptors (Lipinski definition) is 5. The Morgan fingerprint density at radius 2 is 1.83 bits per heavy atom. The van der Waals surface area contributed by atoms with Crippen LogP contribution in [0.5, 0.6) is 0 Å². The summed E-state index contributed by atoms with van der Waals surface area (Å²) in [4.78, 5) is 34.6. The summed E-state index contributed by atoms with van der Waals surface area (Å²) in [6, 6.07) is 14.4. The third kappa shape index (κ3) is 4.36. The van der Waals surface area contributed by atoms with E-state index in [1.54, 1.807) is 6.07 Å². The first-order valence-electron chi connectivity index (χ1n) is 10.9. The number of nitrogens with one attached hydrogen (secondary N) is 1. The molecule has 1 aliphatic rings. The van der Waals surface area contributed by atoms with Gasteiger partial charge in [0.05, 0.1) is 15.6 Å². The smallest absolute Gasteiger partial charge is 0.265 e. The van der Waals surface area contributed by atoms with Gasteiger partial charge in [0.15, 0.2) is 0 Å². The van der Waals surface area contributed by atoms with Crippen LogP contribution in [0, 0.1) is 18.6 Å². The Hall–Kier alpha value is -3.69. The summed E-state index contributed by atoms with van der Waals surface area (Å²) >= 11 is 2.70. The lowest BCUT2D eigenvalue weighted by Crippen LogP contribution is -2.23. The van der Waals surface area contributed by atoms with Gasteiger partial charge in [0.1, 0.15) is 17.6 Å². The van der Waals surface area contributed by atoms with Gasteiger partial charge in [-0.25, -0.2) is 18.8 Å². The largest absolute Gasteiger partial charge is 0.321 e. The topological polar surface area (TPSA) is 71.4 Å². The van der Waals surface area contributed by atoms with Crippen LogP contribution in [-0.4, -0.2) is 29.3 Å². The van der Waals surface area contributed by atoms with Crippen LogP contribution < -0.4 is 5.32 Å². The summed E-state index contributed by atoms with van der Waals surface area (Å²) in [5, 5.41) is 5.33. The number of aromatic nitrogens is 1. The third-order valence-corrected chi connectivity index (χ3v) is 7.43. The molecule has 0 fully saturated rings. The van der Waals surface area contributed by atoms with Crippen LogP contribution in [0.1, 0.15) is 38.0 Å². The van der Waals surface area contributed by atoms with E-state index >= 15 is 0 Å². The first-order valence-corrected chi connectivity index (χ1v) is 13.0. The molecule has 0 spiro atoms. The minimum atomic E-state index is -1.31. The zero-order chi connectivity index (χ0) is 25.4. The zero-order valence-corrected chi connectivity index (χ0v) is 20.8. The summed E-state index contributed by atoms with van der Waals surface area (Å²) in [6.45, 7) is 1.92. The number of halogens is 2. The highest BCUT2D eigenvalue weighted by Gasteiger charge is 2.35. The van der Waals surface area contributed by atoms with E-state index in [2.05, 4.69) is 15.3 Å².